The lowest BCUT2D eigenvalue weighted by Crippen LogP contribution is -2.50. The highest BCUT2D eigenvalue weighted by molar-refractivity contribution is 5.72. The van der Waals surface area contributed by atoms with E-state index in [4.69, 9.17) is 14.2 Å². The summed E-state index contributed by atoms with van der Waals surface area (Å²) in [7, 11) is 5.51. The van der Waals surface area contributed by atoms with E-state index in [9.17, 15) is 19.5 Å². The Kier molecular flexibility index (Phi) is 31.1. The Morgan fingerprint density at radius 1 is 0.612 bits per heavy atom. The van der Waals surface area contributed by atoms with Crippen molar-refractivity contribution in [3.8, 4) is 0 Å². The van der Waals surface area contributed by atoms with Crippen LogP contribution in [-0.4, -0.2) is 80.6 Å². The van der Waals surface area contributed by atoms with E-state index in [0.717, 1.165) is 83.5 Å². The average molecular weight is 693 g/mol. The minimum absolute atomic E-state index is 0.0529. The van der Waals surface area contributed by atoms with E-state index in [1.165, 1.54) is 38.5 Å². The second-order valence-corrected chi connectivity index (χ2v) is 14.2. The van der Waals surface area contributed by atoms with Crippen molar-refractivity contribution < 1.29 is 38.2 Å². The highest BCUT2D eigenvalue weighted by Gasteiger charge is 2.31. The van der Waals surface area contributed by atoms with Crippen molar-refractivity contribution >= 4 is 17.9 Å². The summed E-state index contributed by atoms with van der Waals surface area (Å²) in [5, 5.41) is 9.58. The van der Waals surface area contributed by atoms with Gasteiger partial charge in [-0.3, -0.25) is 9.59 Å². The van der Waals surface area contributed by atoms with E-state index in [2.05, 4.69) is 50.3 Å². The van der Waals surface area contributed by atoms with Crippen molar-refractivity contribution in [3.63, 3.8) is 0 Å². The first kappa shape index (κ1) is 46.5. The summed E-state index contributed by atoms with van der Waals surface area (Å²) < 4.78 is 17.2. The Morgan fingerprint density at radius 3 is 1.67 bits per heavy atom. The van der Waals surface area contributed by atoms with Crippen LogP contribution in [0.2, 0.25) is 0 Å². The predicted molar refractivity (Wildman–Crippen MR) is 201 cm³/mol. The van der Waals surface area contributed by atoms with E-state index in [0.29, 0.717) is 19.3 Å². The maximum Gasteiger partial charge on any atom is 0.362 e. The molecule has 1 N–H and O–H groups in total. The van der Waals surface area contributed by atoms with Gasteiger partial charge in [-0.15, -0.1) is 0 Å². The fourth-order valence-corrected chi connectivity index (χ4v) is 5.42. The molecule has 2 unspecified atom stereocenters. The number of allylic oxidation sites excluding steroid dienone is 6. The van der Waals surface area contributed by atoms with Crippen LogP contribution in [0.5, 0.6) is 0 Å². The van der Waals surface area contributed by atoms with Gasteiger partial charge in [0, 0.05) is 19.3 Å². The zero-order valence-electron chi connectivity index (χ0n) is 32.1. The SMILES string of the molecule is CCC/C=C\CCCCCCCC(=O)OCC(COCCC(C(=O)O)[N+](C)(C)C)OC(=O)CCCCCCC/C=C\C/C=C\CCCCC. The molecule has 0 spiro atoms. The maximum atomic E-state index is 12.6. The number of esters is 2. The van der Waals surface area contributed by atoms with E-state index >= 15 is 0 Å². The molecule has 0 aromatic rings. The Hall–Kier alpha value is -2.45. The topological polar surface area (TPSA) is 99.1 Å². The van der Waals surface area contributed by atoms with Gasteiger partial charge in [0.05, 0.1) is 34.4 Å². The number of carbonyl (C=O) groups is 3. The summed E-state index contributed by atoms with van der Waals surface area (Å²) >= 11 is 0. The quantitative estimate of drug-likeness (QED) is 0.0310. The first-order chi connectivity index (χ1) is 23.6. The van der Waals surface area contributed by atoms with Crippen LogP contribution in [-0.2, 0) is 28.6 Å². The predicted octanol–water partition coefficient (Wildman–Crippen LogP) is 9.91. The zero-order chi connectivity index (χ0) is 36.4. The molecule has 8 heteroatoms. The summed E-state index contributed by atoms with van der Waals surface area (Å²) in [5.41, 5.74) is 0. The third kappa shape index (κ3) is 31.3. The molecule has 284 valence electrons. The lowest BCUT2D eigenvalue weighted by atomic mass is 10.1. The number of hydrogen-bond acceptors (Lipinski definition) is 6. The highest BCUT2D eigenvalue weighted by atomic mass is 16.6. The van der Waals surface area contributed by atoms with Gasteiger partial charge in [-0.2, -0.15) is 0 Å². The molecule has 0 aliphatic heterocycles. The average Bonchev–Trinajstić information content (AvgIpc) is 3.05. The van der Waals surface area contributed by atoms with Crippen molar-refractivity contribution in [2.24, 2.45) is 0 Å². The van der Waals surface area contributed by atoms with E-state index in [-0.39, 0.29) is 36.2 Å². The van der Waals surface area contributed by atoms with Crippen molar-refractivity contribution in [2.45, 2.75) is 167 Å². The second kappa shape index (κ2) is 32.7. The molecule has 0 heterocycles. The van der Waals surface area contributed by atoms with Gasteiger partial charge in [0.15, 0.2) is 12.1 Å². The number of ether oxygens (including phenoxy) is 3. The Morgan fingerprint density at radius 2 is 1.12 bits per heavy atom. The second-order valence-electron chi connectivity index (χ2n) is 14.2. The number of aliphatic carboxylic acids is 1. The van der Waals surface area contributed by atoms with Crippen molar-refractivity contribution in [2.75, 3.05) is 41.0 Å². The molecule has 0 aliphatic rings. The number of carboxylic acid groups (broad SMARTS) is 1. The molecule has 0 aromatic carbocycles. The fraction of sp³-hybridized carbons (Fsp3) is 0.780. The van der Waals surface area contributed by atoms with Gasteiger partial charge in [-0.1, -0.05) is 108 Å². The first-order valence-electron chi connectivity index (χ1n) is 19.5. The number of nitrogens with zero attached hydrogens (tertiary/aromatic N) is 1. The number of unbranched alkanes of at least 4 members (excludes halogenated alkanes) is 14. The normalized spacial score (nSPS) is 13.4. The van der Waals surface area contributed by atoms with Gasteiger partial charge >= 0.3 is 17.9 Å². The van der Waals surface area contributed by atoms with Crippen molar-refractivity contribution in [3.05, 3.63) is 36.5 Å². The Balaban J connectivity index is 4.44. The lowest BCUT2D eigenvalue weighted by molar-refractivity contribution is -0.887. The standard InChI is InChI=1S/C41H73NO7/c1-6-8-10-12-14-16-18-19-20-21-22-24-26-28-30-32-40(44)49-37(35-47-34-33-38(41(45)46)42(3,4)5)36-48-39(43)31-29-27-25-23-17-15-13-11-9-7-2/h11,13-14,16,19-20,37-38H,6-10,12,15,17-18,21-36H2,1-5H3/p+1/b13-11-,16-14-,20-19-. The van der Waals surface area contributed by atoms with E-state index in [1.54, 1.807) is 0 Å². The van der Waals surface area contributed by atoms with E-state index in [1.807, 2.05) is 21.1 Å². The van der Waals surface area contributed by atoms with E-state index < -0.39 is 18.1 Å². The maximum absolute atomic E-state index is 12.6. The van der Waals surface area contributed by atoms with Crippen LogP contribution in [0.3, 0.4) is 0 Å². The molecule has 0 aliphatic carbocycles. The molecule has 0 saturated heterocycles. The fourth-order valence-electron chi connectivity index (χ4n) is 5.42. The molecule has 0 radical (unpaired) electrons. The van der Waals surface area contributed by atoms with Gasteiger partial charge in [0.25, 0.3) is 0 Å². The summed E-state index contributed by atoms with van der Waals surface area (Å²) in [4.78, 5) is 36.7. The third-order valence-corrected chi connectivity index (χ3v) is 8.49. The number of rotatable bonds is 34. The summed E-state index contributed by atoms with van der Waals surface area (Å²) in [6.07, 6.45) is 34.7. The van der Waals surface area contributed by atoms with Crippen LogP contribution in [0.1, 0.15) is 155 Å². The molecule has 2 atom stereocenters. The van der Waals surface area contributed by atoms with Crippen LogP contribution in [0.4, 0.5) is 0 Å². The van der Waals surface area contributed by atoms with Gasteiger partial charge in [0.2, 0.25) is 0 Å². The molecule has 0 amide bonds. The van der Waals surface area contributed by atoms with Gasteiger partial charge in [-0.05, 0) is 64.2 Å². The molecule has 0 aromatic heterocycles. The minimum Gasteiger partial charge on any atom is -0.477 e. The largest absolute Gasteiger partial charge is 0.477 e. The molecule has 49 heavy (non-hydrogen) atoms. The highest BCUT2D eigenvalue weighted by Crippen LogP contribution is 2.13. The van der Waals surface area contributed by atoms with Crippen LogP contribution >= 0.6 is 0 Å². The monoisotopic (exact) mass is 693 g/mol. The Labute approximate surface area is 300 Å². The molecular formula is C41H74NO7+. The number of carbonyl (C=O) groups excluding carboxylic acids is 2. The van der Waals surface area contributed by atoms with Crippen LogP contribution in [0, 0.1) is 0 Å². The molecule has 0 rings (SSSR count). The van der Waals surface area contributed by atoms with Crippen molar-refractivity contribution in [1.29, 1.82) is 0 Å². The third-order valence-electron chi connectivity index (χ3n) is 8.49. The zero-order valence-corrected chi connectivity index (χ0v) is 32.1. The summed E-state index contributed by atoms with van der Waals surface area (Å²) in [6.45, 7) is 4.61. The molecule has 0 saturated carbocycles. The number of carboxylic acids is 1. The number of likely N-dealkylation sites (N-methyl/N-ethyl adjacent to an activating group) is 1. The van der Waals surface area contributed by atoms with Gasteiger partial charge in [-0.25, -0.2) is 4.79 Å². The first-order valence-corrected chi connectivity index (χ1v) is 19.5. The minimum atomic E-state index is -0.880. The van der Waals surface area contributed by atoms with Gasteiger partial charge < -0.3 is 23.8 Å². The molecule has 0 bridgehead atoms. The molecule has 0 fully saturated rings. The smallest absolute Gasteiger partial charge is 0.362 e. The lowest BCUT2D eigenvalue weighted by Gasteiger charge is -2.31. The summed E-state index contributed by atoms with van der Waals surface area (Å²) in [5.74, 6) is -1.50. The molecule has 8 nitrogen and oxygen atoms in total. The number of quaternary nitrogens is 1. The van der Waals surface area contributed by atoms with Crippen molar-refractivity contribution in [1.82, 2.24) is 0 Å². The van der Waals surface area contributed by atoms with Gasteiger partial charge in [0.1, 0.15) is 6.61 Å². The van der Waals surface area contributed by atoms with Crippen LogP contribution in [0.15, 0.2) is 36.5 Å². The Bertz CT molecular complexity index is 906. The molecular weight excluding hydrogens is 618 g/mol. The summed E-state index contributed by atoms with van der Waals surface area (Å²) in [6, 6.07) is -0.616. The van der Waals surface area contributed by atoms with Crippen LogP contribution in [0.25, 0.3) is 0 Å². The van der Waals surface area contributed by atoms with Crippen LogP contribution < -0.4 is 0 Å². The number of hydrogen-bond donors (Lipinski definition) is 1.